The lowest BCUT2D eigenvalue weighted by Gasteiger charge is -2.29. The van der Waals surface area contributed by atoms with Gasteiger partial charge in [-0.25, -0.2) is 8.42 Å². The van der Waals surface area contributed by atoms with Crippen LogP contribution in [0.4, 0.5) is 5.69 Å². The Kier molecular flexibility index (Phi) is 7.36. The third-order valence-electron chi connectivity index (χ3n) is 5.10. The number of nitrogens with one attached hydrogen (secondary N) is 1. The van der Waals surface area contributed by atoms with Crippen LogP contribution in [0, 0.1) is 13.8 Å². The molecule has 0 aliphatic carbocycles. The van der Waals surface area contributed by atoms with Crippen LogP contribution >= 0.6 is 0 Å². The predicted molar refractivity (Wildman–Crippen MR) is 119 cm³/mol. The Morgan fingerprint density at radius 1 is 0.967 bits per heavy atom. The minimum absolute atomic E-state index is 0.360. The van der Waals surface area contributed by atoms with Crippen molar-refractivity contribution in [3.05, 3.63) is 53.1 Å². The third-order valence-corrected chi connectivity index (χ3v) is 6.34. The van der Waals surface area contributed by atoms with Crippen molar-refractivity contribution < 1.29 is 22.7 Å². The van der Waals surface area contributed by atoms with E-state index in [0.717, 1.165) is 27.3 Å². The van der Waals surface area contributed by atoms with Gasteiger partial charge in [-0.2, -0.15) is 0 Å². The van der Waals surface area contributed by atoms with Crippen LogP contribution in [0.25, 0.3) is 0 Å². The number of carbonyl (C=O) groups is 1. The molecule has 0 aromatic heterocycles. The molecule has 2 aromatic carbocycles. The lowest BCUT2D eigenvalue weighted by atomic mass is 10.1. The summed E-state index contributed by atoms with van der Waals surface area (Å²) >= 11 is 0. The third kappa shape index (κ3) is 5.24. The van der Waals surface area contributed by atoms with E-state index < -0.39 is 22.0 Å². The van der Waals surface area contributed by atoms with E-state index in [1.807, 2.05) is 32.9 Å². The molecule has 0 saturated heterocycles. The number of aryl methyl sites for hydroxylation is 2. The smallest absolute Gasteiger partial charge is 0.244 e. The van der Waals surface area contributed by atoms with Gasteiger partial charge in [0.25, 0.3) is 0 Å². The van der Waals surface area contributed by atoms with Crippen molar-refractivity contribution in [1.82, 2.24) is 5.32 Å². The van der Waals surface area contributed by atoms with Crippen molar-refractivity contribution in [3.8, 4) is 11.5 Å². The summed E-state index contributed by atoms with van der Waals surface area (Å²) in [5.74, 6) is 0.740. The number of nitrogens with zero attached hydrogens (tertiary/aromatic N) is 1. The Hall–Kier alpha value is -2.74. The van der Waals surface area contributed by atoms with Crippen LogP contribution in [-0.4, -0.2) is 40.8 Å². The van der Waals surface area contributed by atoms with Crippen LogP contribution in [0.2, 0.25) is 0 Å². The summed E-state index contributed by atoms with van der Waals surface area (Å²) in [6, 6.07) is 9.42. The summed E-state index contributed by atoms with van der Waals surface area (Å²) in [4.78, 5) is 12.9. The molecule has 164 valence electrons. The molecule has 2 aromatic rings. The predicted octanol–water partition coefficient (Wildman–Crippen LogP) is 3.35. The second-order valence-corrected chi connectivity index (χ2v) is 9.21. The molecule has 2 atom stereocenters. The van der Waals surface area contributed by atoms with Gasteiger partial charge in [0, 0.05) is 0 Å². The molecule has 0 aliphatic rings. The highest BCUT2D eigenvalue weighted by atomic mass is 32.2. The van der Waals surface area contributed by atoms with Gasteiger partial charge in [0.05, 0.1) is 32.2 Å². The molecule has 7 nitrogen and oxygen atoms in total. The van der Waals surface area contributed by atoms with E-state index in [1.165, 1.54) is 0 Å². The molecule has 30 heavy (non-hydrogen) atoms. The Balaban J connectivity index is 2.28. The Bertz CT molecular complexity index is 1020. The maximum Gasteiger partial charge on any atom is 0.244 e. The largest absolute Gasteiger partial charge is 0.493 e. The molecule has 0 fully saturated rings. The van der Waals surface area contributed by atoms with E-state index in [4.69, 9.17) is 9.47 Å². The minimum atomic E-state index is -3.68. The lowest BCUT2D eigenvalue weighted by Crippen LogP contribution is -2.48. The van der Waals surface area contributed by atoms with E-state index in [1.54, 1.807) is 45.4 Å². The van der Waals surface area contributed by atoms with Gasteiger partial charge in [-0.05, 0) is 68.7 Å². The summed E-state index contributed by atoms with van der Waals surface area (Å²) < 4.78 is 36.7. The highest BCUT2D eigenvalue weighted by Crippen LogP contribution is 2.30. The minimum Gasteiger partial charge on any atom is -0.493 e. The molecule has 0 bridgehead atoms. The first-order valence-electron chi connectivity index (χ1n) is 9.58. The molecule has 0 radical (unpaired) electrons. The molecular formula is C22H30N2O5S. The maximum atomic E-state index is 12.9. The fraction of sp³-hybridized carbons (Fsp3) is 0.409. The number of carbonyl (C=O) groups excluding carboxylic acids is 1. The highest BCUT2D eigenvalue weighted by Gasteiger charge is 2.30. The number of hydrogen-bond donors (Lipinski definition) is 1. The molecule has 1 amide bonds. The molecule has 0 heterocycles. The first-order chi connectivity index (χ1) is 14.0. The fourth-order valence-corrected chi connectivity index (χ4v) is 4.38. The van der Waals surface area contributed by atoms with Crippen molar-refractivity contribution >= 4 is 21.6 Å². The van der Waals surface area contributed by atoms with Gasteiger partial charge < -0.3 is 14.8 Å². The van der Waals surface area contributed by atoms with Crippen molar-refractivity contribution in [2.24, 2.45) is 0 Å². The molecule has 0 unspecified atom stereocenters. The van der Waals surface area contributed by atoms with Crippen LogP contribution in [0.3, 0.4) is 0 Å². The number of sulfonamides is 1. The second-order valence-electron chi connectivity index (χ2n) is 7.35. The van der Waals surface area contributed by atoms with Crippen molar-refractivity contribution in [2.45, 2.75) is 39.8 Å². The Morgan fingerprint density at radius 3 is 2.13 bits per heavy atom. The maximum absolute atomic E-state index is 12.9. The summed E-state index contributed by atoms with van der Waals surface area (Å²) in [6.07, 6.45) is 1.10. The molecule has 1 N–H and O–H groups in total. The van der Waals surface area contributed by atoms with Crippen molar-refractivity contribution in [1.29, 1.82) is 0 Å². The van der Waals surface area contributed by atoms with Crippen molar-refractivity contribution in [3.63, 3.8) is 0 Å². The molecular weight excluding hydrogens is 404 g/mol. The number of benzene rings is 2. The van der Waals surface area contributed by atoms with Gasteiger partial charge in [-0.15, -0.1) is 0 Å². The zero-order valence-corrected chi connectivity index (χ0v) is 19.3. The summed E-state index contributed by atoms with van der Waals surface area (Å²) in [5.41, 5.74) is 3.27. The summed E-state index contributed by atoms with van der Waals surface area (Å²) in [5, 5.41) is 2.89. The van der Waals surface area contributed by atoms with E-state index in [9.17, 15) is 13.2 Å². The molecule has 0 spiro atoms. The molecule has 0 saturated carbocycles. The van der Waals surface area contributed by atoms with Crippen LogP contribution in [0.1, 0.15) is 36.6 Å². The normalized spacial score (nSPS) is 13.3. The number of hydrogen-bond acceptors (Lipinski definition) is 5. The molecule has 8 heteroatoms. The first-order valence-corrected chi connectivity index (χ1v) is 11.4. The number of ether oxygens (including phenoxy) is 2. The molecule has 0 aliphatic heterocycles. The number of rotatable bonds is 8. The SMILES string of the molecule is COc1ccc([C@@H](C)NC(=O)[C@@H](C)N(c2ccc(C)c(C)c2)S(C)(=O)=O)cc1OC. The standard InChI is InChI=1S/C22H30N2O5S/c1-14-8-10-19(12-15(14)2)24(30(7,26)27)17(4)22(25)23-16(3)18-9-11-20(28-5)21(13-18)29-6/h8-13,16-17H,1-7H3,(H,23,25)/t16-,17-/m1/s1. The van der Waals surface area contributed by atoms with Crippen LogP contribution in [0.5, 0.6) is 11.5 Å². The first kappa shape index (κ1) is 23.5. The number of amides is 1. The van der Waals surface area contributed by atoms with Crippen LogP contribution in [-0.2, 0) is 14.8 Å². The van der Waals surface area contributed by atoms with E-state index in [0.29, 0.717) is 17.2 Å². The molecule has 2 rings (SSSR count). The van der Waals surface area contributed by atoms with Gasteiger partial charge in [-0.3, -0.25) is 9.10 Å². The lowest BCUT2D eigenvalue weighted by molar-refractivity contribution is -0.122. The van der Waals surface area contributed by atoms with Crippen LogP contribution < -0.4 is 19.1 Å². The number of methoxy groups -OCH3 is 2. The Labute approximate surface area is 179 Å². The average Bonchev–Trinajstić information content (AvgIpc) is 2.68. The monoisotopic (exact) mass is 434 g/mol. The van der Waals surface area contributed by atoms with Gasteiger partial charge in [0.2, 0.25) is 15.9 Å². The van der Waals surface area contributed by atoms with Crippen LogP contribution in [0.15, 0.2) is 36.4 Å². The van der Waals surface area contributed by atoms with Gasteiger partial charge in [-0.1, -0.05) is 12.1 Å². The zero-order valence-electron chi connectivity index (χ0n) is 18.5. The van der Waals surface area contributed by atoms with Gasteiger partial charge in [0.1, 0.15) is 6.04 Å². The van der Waals surface area contributed by atoms with E-state index in [2.05, 4.69) is 5.32 Å². The highest BCUT2D eigenvalue weighted by molar-refractivity contribution is 7.92. The summed E-state index contributed by atoms with van der Waals surface area (Å²) in [6.45, 7) is 7.26. The Morgan fingerprint density at radius 2 is 1.60 bits per heavy atom. The van der Waals surface area contributed by atoms with E-state index in [-0.39, 0.29) is 6.04 Å². The zero-order chi connectivity index (χ0) is 22.6. The average molecular weight is 435 g/mol. The van der Waals surface area contributed by atoms with Gasteiger partial charge in [0.15, 0.2) is 11.5 Å². The topological polar surface area (TPSA) is 84.9 Å². The van der Waals surface area contributed by atoms with Crippen molar-refractivity contribution in [2.75, 3.05) is 24.8 Å². The van der Waals surface area contributed by atoms with E-state index >= 15 is 0 Å². The number of anilines is 1. The second kappa shape index (κ2) is 9.38. The quantitative estimate of drug-likeness (QED) is 0.689. The fourth-order valence-electron chi connectivity index (χ4n) is 3.21. The van der Waals surface area contributed by atoms with Gasteiger partial charge >= 0.3 is 0 Å². The summed E-state index contributed by atoms with van der Waals surface area (Å²) in [7, 11) is -0.581.